The third-order valence-electron chi connectivity index (χ3n) is 6.17. The van der Waals surface area contributed by atoms with Gasteiger partial charge < -0.3 is 4.90 Å². The zero-order valence-electron chi connectivity index (χ0n) is 12.7. The maximum absolute atomic E-state index is 13.4. The largest absolute Gasteiger partial charge is 0.337 e. The zero-order chi connectivity index (χ0) is 14.1. The molecule has 0 aliphatic heterocycles. The summed E-state index contributed by atoms with van der Waals surface area (Å²) in [6.07, 6.45) is 9.90. The Kier molecular flexibility index (Phi) is 2.88. The lowest BCUT2D eigenvalue weighted by Crippen LogP contribution is -2.60. The van der Waals surface area contributed by atoms with Crippen LogP contribution in [0, 0.1) is 17.3 Å². The average Bonchev–Trinajstić information content (AvgIpc) is 3.09. The van der Waals surface area contributed by atoms with Crippen molar-refractivity contribution in [2.45, 2.75) is 81.6 Å². The van der Waals surface area contributed by atoms with Crippen molar-refractivity contribution in [1.29, 1.82) is 0 Å². The van der Waals surface area contributed by atoms with E-state index in [-0.39, 0.29) is 5.41 Å². The number of rotatable bonds is 3. The van der Waals surface area contributed by atoms with Gasteiger partial charge in [-0.2, -0.15) is 0 Å². The van der Waals surface area contributed by atoms with E-state index in [1.807, 2.05) is 0 Å². The van der Waals surface area contributed by atoms with E-state index < -0.39 is 0 Å². The highest BCUT2D eigenvalue weighted by molar-refractivity contribution is 9.10. The van der Waals surface area contributed by atoms with E-state index >= 15 is 0 Å². The van der Waals surface area contributed by atoms with Crippen LogP contribution in [-0.2, 0) is 4.79 Å². The SMILES string of the molecule is CC(C)N(C(=O)C12CC3CC(CC(Br)(C3)C1)C2)C1CC1. The smallest absolute Gasteiger partial charge is 0.229 e. The number of alkyl halides is 1. The van der Waals surface area contributed by atoms with Crippen molar-refractivity contribution in [2.75, 3.05) is 0 Å². The van der Waals surface area contributed by atoms with Gasteiger partial charge in [0.15, 0.2) is 0 Å². The standard InChI is InChI=1S/C17H26BrNO/c1-11(2)19(14-3-4-14)15(20)16-6-12-5-13(7-16)9-17(18,8-12)10-16/h11-14H,3-10H2,1-2H3. The van der Waals surface area contributed by atoms with E-state index in [4.69, 9.17) is 0 Å². The summed E-state index contributed by atoms with van der Waals surface area (Å²) in [6, 6.07) is 0.927. The predicted molar refractivity (Wildman–Crippen MR) is 83.8 cm³/mol. The molecule has 3 heteroatoms. The number of amides is 1. The van der Waals surface area contributed by atoms with Crippen molar-refractivity contribution < 1.29 is 4.79 Å². The van der Waals surface area contributed by atoms with Crippen LogP contribution in [0.5, 0.6) is 0 Å². The van der Waals surface area contributed by atoms with Crippen LogP contribution in [0.15, 0.2) is 0 Å². The molecule has 4 bridgehead atoms. The molecule has 0 aromatic rings. The molecule has 0 aromatic heterocycles. The van der Waals surface area contributed by atoms with Crippen LogP contribution >= 0.6 is 15.9 Å². The van der Waals surface area contributed by atoms with Crippen molar-refractivity contribution in [3.8, 4) is 0 Å². The van der Waals surface area contributed by atoms with Crippen LogP contribution < -0.4 is 0 Å². The molecule has 2 nitrogen and oxygen atoms in total. The number of hydrogen-bond donors (Lipinski definition) is 0. The second-order valence-corrected chi connectivity index (χ2v) is 10.1. The molecule has 5 rings (SSSR count). The van der Waals surface area contributed by atoms with Gasteiger partial charge in [0.1, 0.15) is 0 Å². The van der Waals surface area contributed by atoms with Gasteiger partial charge in [0.25, 0.3) is 0 Å². The molecule has 20 heavy (non-hydrogen) atoms. The van der Waals surface area contributed by atoms with E-state index in [9.17, 15) is 4.79 Å². The van der Waals surface area contributed by atoms with Crippen LogP contribution in [-0.4, -0.2) is 27.2 Å². The molecular formula is C17H26BrNO. The fraction of sp³-hybridized carbons (Fsp3) is 0.941. The Balaban J connectivity index is 1.65. The van der Waals surface area contributed by atoms with Crippen molar-refractivity contribution in [3.05, 3.63) is 0 Å². The van der Waals surface area contributed by atoms with Crippen LogP contribution in [0.3, 0.4) is 0 Å². The molecule has 5 aliphatic carbocycles. The zero-order valence-corrected chi connectivity index (χ0v) is 14.3. The highest BCUT2D eigenvalue weighted by Gasteiger charge is 2.61. The predicted octanol–water partition coefficient (Wildman–Crippen LogP) is 4.12. The fourth-order valence-corrected chi connectivity index (χ4v) is 7.30. The third-order valence-corrected chi connectivity index (χ3v) is 7.10. The summed E-state index contributed by atoms with van der Waals surface area (Å²) in [6.45, 7) is 4.39. The summed E-state index contributed by atoms with van der Waals surface area (Å²) in [7, 11) is 0. The Labute approximate surface area is 130 Å². The number of carbonyl (C=O) groups excluding carboxylic acids is 1. The van der Waals surface area contributed by atoms with Gasteiger partial charge in [-0.1, -0.05) is 15.9 Å². The first-order valence-electron chi connectivity index (χ1n) is 8.43. The van der Waals surface area contributed by atoms with Gasteiger partial charge >= 0.3 is 0 Å². The summed E-state index contributed by atoms with van der Waals surface area (Å²) in [5, 5.41) is 0. The monoisotopic (exact) mass is 339 g/mol. The molecule has 2 atom stereocenters. The molecule has 2 unspecified atom stereocenters. The summed E-state index contributed by atoms with van der Waals surface area (Å²) in [5.41, 5.74) is -0.0134. The number of halogens is 1. The maximum Gasteiger partial charge on any atom is 0.229 e. The minimum absolute atomic E-state index is 0.0134. The van der Waals surface area contributed by atoms with Gasteiger partial charge in [-0.15, -0.1) is 0 Å². The molecule has 0 radical (unpaired) electrons. The van der Waals surface area contributed by atoms with E-state index in [2.05, 4.69) is 34.7 Å². The lowest BCUT2D eigenvalue weighted by atomic mass is 9.49. The van der Waals surface area contributed by atoms with E-state index in [1.165, 1.54) is 44.9 Å². The summed E-state index contributed by atoms with van der Waals surface area (Å²) in [4.78, 5) is 15.6. The molecule has 5 aliphatic rings. The topological polar surface area (TPSA) is 20.3 Å². The van der Waals surface area contributed by atoms with Crippen LogP contribution in [0.1, 0.15) is 65.2 Å². The average molecular weight is 340 g/mol. The molecule has 1 amide bonds. The molecule has 0 N–H and O–H groups in total. The first-order valence-corrected chi connectivity index (χ1v) is 9.22. The summed E-state index contributed by atoms with van der Waals surface area (Å²) < 4.78 is 0.291. The van der Waals surface area contributed by atoms with Crippen molar-refractivity contribution in [1.82, 2.24) is 4.90 Å². The Morgan fingerprint density at radius 1 is 1.15 bits per heavy atom. The molecule has 0 heterocycles. The minimum atomic E-state index is -0.0134. The van der Waals surface area contributed by atoms with E-state index in [1.54, 1.807) is 0 Å². The Morgan fingerprint density at radius 2 is 1.75 bits per heavy atom. The first kappa shape index (κ1) is 13.6. The number of hydrogen-bond acceptors (Lipinski definition) is 1. The summed E-state index contributed by atoms with van der Waals surface area (Å²) in [5.74, 6) is 2.11. The lowest BCUT2D eigenvalue weighted by molar-refractivity contribution is -0.158. The van der Waals surface area contributed by atoms with E-state index in [0.717, 1.165) is 18.3 Å². The molecule has 0 saturated heterocycles. The second kappa shape index (κ2) is 4.24. The van der Waals surface area contributed by atoms with Crippen LogP contribution in [0.25, 0.3) is 0 Å². The Hall–Kier alpha value is -0.0500. The Morgan fingerprint density at radius 3 is 2.20 bits per heavy atom. The minimum Gasteiger partial charge on any atom is -0.337 e. The molecule has 5 fully saturated rings. The van der Waals surface area contributed by atoms with Crippen LogP contribution in [0.4, 0.5) is 0 Å². The molecule has 5 saturated carbocycles. The number of carbonyl (C=O) groups is 1. The lowest BCUT2D eigenvalue weighted by Gasteiger charge is -2.60. The molecule has 112 valence electrons. The number of nitrogens with zero attached hydrogens (tertiary/aromatic N) is 1. The van der Waals surface area contributed by atoms with Crippen LogP contribution in [0.2, 0.25) is 0 Å². The van der Waals surface area contributed by atoms with Crippen molar-refractivity contribution in [3.63, 3.8) is 0 Å². The van der Waals surface area contributed by atoms with Gasteiger partial charge in [-0.3, -0.25) is 4.79 Å². The molecule has 0 spiro atoms. The molecular weight excluding hydrogens is 314 g/mol. The quantitative estimate of drug-likeness (QED) is 0.708. The normalized spacial score (nSPS) is 46.0. The van der Waals surface area contributed by atoms with Gasteiger partial charge in [-0.05, 0) is 77.0 Å². The highest BCUT2D eigenvalue weighted by atomic mass is 79.9. The van der Waals surface area contributed by atoms with Gasteiger partial charge in [0.2, 0.25) is 5.91 Å². The fourth-order valence-electron chi connectivity index (χ4n) is 5.85. The molecule has 0 aromatic carbocycles. The van der Waals surface area contributed by atoms with Gasteiger partial charge in [-0.25, -0.2) is 0 Å². The van der Waals surface area contributed by atoms with Crippen molar-refractivity contribution >= 4 is 21.8 Å². The Bertz CT molecular complexity index is 426. The van der Waals surface area contributed by atoms with Gasteiger partial charge in [0.05, 0.1) is 5.41 Å². The van der Waals surface area contributed by atoms with Gasteiger partial charge in [0, 0.05) is 16.4 Å². The van der Waals surface area contributed by atoms with E-state index in [0.29, 0.717) is 22.3 Å². The second-order valence-electron chi connectivity index (χ2n) is 8.43. The third kappa shape index (κ3) is 1.99. The first-order chi connectivity index (χ1) is 9.41. The summed E-state index contributed by atoms with van der Waals surface area (Å²) >= 11 is 4.03. The van der Waals surface area contributed by atoms with Crippen molar-refractivity contribution in [2.24, 2.45) is 17.3 Å². The maximum atomic E-state index is 13.4. The highest BCUT2D eigenvalue weighted by Crippen LogP contribution is 2.65.